The van der Waals surface area contributed by atoms with Crippen molar-refractivity contribution < 1.29 is 27.8 Å². The molecular formula is C23H24F2O4. The van der Waals surface area contributed by atoms with Crippen LogP contribution in [-0.2, 0) is 20.7 Å². The van der Waals surface area contributed by atoms with Crippen LogP contribution in [0.5, 0.6) is 11.5 Å². The first-order valence-electron chi connectivity index (χ1n) is 9.51. The second-order valence-corrected chi connectivity index (χ2v) is 8.18. The van der Waals surface area contributed by atoms with E-state index in [2.05, 4.69) is 0 Å². The molecule has 6 heteroatoms. The number of aryl methyl sites for hydroxylation is 1. The van der Waals surface area contributed by atoms with Gasteiger partial charge in [0.25, 0.3) is 0 Å². The number of Topliss-reactive ketones (excluding diaryl/α,β-unsaturated/α-hetero) is 2. The first kappa shape index (κ1) is 21.1. The van der Waals surface area contributed by atoms with Gasteiger partial charge in [-0.1, -0.05) is 13.0 Å². The first-order chi connectivity index (χ1) is 13.5. The maximum absolute atomic E-state index is 13.5. The van der Waals surface area contributed by atoms with Crippen molar-refractivity contribution in [1.29, 1.82) is 0 Å². The fourth-order valence-corrected chi connectivity index (χ4v) is 3.74. The van der Waals surface area contributed by atoms with Crippen molar-refractivity contribution in [2.45, 2.75) is 58.2 Å². The van der Waals surface area contributed by atoms with Gasteiger partial charge in [0.05, 0.1) is 0 Å². The Morgan fingerprint density at radius 3 is 2.00 bits per heavy atom. The molecule has 1 heterocycles. The molecule has 4 nitrogen and oxygen atoms in total. The normalized spacial score (nSPS) is 18.7. The van der Waals surface area contributed by atoms with E-state index in [9.17, 15) is 18.4 Å². The fraction of sp³-hybridized carbons (Fsp3) is 0.391. The van der Waals surface area contributed by atoms with Crippen molar-refractivity contribution in [2.75, 3.05) is 0 Å². The highest BCUT2D eigenvalue weighted by molar-refractivity contribution is 6.15. The molecule has 1 saturated heterocycles. The van der Waals surface area contributed by atoms with Crippen LogP contribution in [0.25, 0.3) is 0 Å². The number of carbonyl (C=O) groups excluding carboxylic acids is 2. The maximum atomic E-state index is 13.5. The highest BCUT2D eigenvalue weighted by atomic mass is 19.2. The zero-order valence-corrected chi connectivity index (χ0v) is 17.1. The van der Waals surface area contributed by atoms with Crippen molar-refractivity contribution in [3.05, 3.63) is 59.2 Å². The third kappa shape index (κ3) is 3.94. The summed E-state index contributed by atoms with van der Waals surface area (Å²) in [5.74, 6) is -3.18. The third-order valence-corrected chi connectivity index (χ3v) is 5.16. The van der Waals surface area contributed by atoms with E-state index in [1.54, 1.807) is 45.9 Å². The van der Waals surface area contributed by atoms with Gasteiger partial charge in [-0.05, 0) is 69.5 Å². The monoisotopic (exact) mass is 402 g/mol. The van der Waals surface area contributed by atoms with Gasteiger partial charge in [-0.25, -0.2) is 8.78 Å². The van der Waals surface area contributed by atoms with Crippen LogP contribution in [0.15, 0.2) is 36.4 Å². The second kappa shape index (κ2) is 7.34. The van der Waals surface area contributed by atoms with E-state index < -0.39 is 28.8 Å². The molecule has 0 aliphatic carbocycles. The van der Waals surface area contributed by atoms with Gasteiger partial charge in [-0.2, -0.15) is 0 Å². The lowest BCUT2D eigenvalue weighted by Crippen LogP contribution is -2.58. The van der Waals surface area contributed by atoms with Gasteiger partial charge >= 0.3 is 0 Å². The molecule has 0 aromatic heterocycles. The van der Waals surface area contributed by atoms with Crippen molar-refractivity contribution in [3.63, 3.8) is 0 Å². The minimum atomic E-state index is -1.12. The topological polar surface area (TPSA) is 52.6 Å². The summed E-state index contributed by atoms with van der Waals surface area (Å²) in [6.45, 7) is 8.56. The Morgan fingerprint density at radius 2 is 1.45 bits per heavy atom. The largest absolute Gasteiger partial charge is 0.457 e. The van der Waals surface area contributed by atoms with Gasteiger partial charge in [0.2, 0.25) is 0 Å². The van der Waals surface area contributed by atoms with Crippen LogP contribution in [0, 0.1) is 11.6 Å². The van der Waals surface area contributed by atoms with E-state index >= 15 is 0 Å². The van der Waals surface area contributed by atoms with Crippen molar-refractivity contribution in [2.24, 2.45) is 0 Å². The maximum Gasteiger partial charge on any atom is 0.179 e. The van der Waals surface area contributed by atoms with Gasteiger partial charge in [-0.15, -0.1) is 0 Å². The Kier molecular flexibility index (Phi) is 5.34. The predicted octanol–water partition coefficient (Wildman–Crippen LogP) is 5.13. The predicted molar refractivity (Wildman–Crippen MR) is 104 cm³/mol. The molecule has 29 heavy (non-hydrogen) atoms. The molecule has 0 radical (unpaired) electrons. The van der Waals surface area contributed by atoms with Crippen molar-refractivity contribution in [3.8, 4) is 11.5 Å². The summed E-state index contributed by atoms with van der Waals surface area (Å²) in [4.78, 5) is 26.2. The summed E-state index contributed by atoms with van der Waals surface area (Å²) in [7, 11) is 0. The molecule has 0 atom stereocenters. The van der Waals surface area contributed by atoms with Crippen LogP contribution < -0.4 is 4.74 Å². The van der Waals surface area contributed by atoms with E-state index in [0.29, 0.717) is 17.7 Å². The SMILES string of the molecule is CCc1ccc(Oc2ccc(F)c(F)c2)cc1C1C(=O)C(C)(C)OC(C)(C)C1=O. The number of benzene rings is 2. The van der Waals surface area contributed by atoms with Crippen LogP contribution >= 0.6 is 0 Å². The van der Waals surface area contributed by atoms with Gasteiger partial charge in [0.1, 0.15) is 28.6 Å². The molecule has 0 unspecified atom stereocenters. The average molecular weight is 402 g/mol. The molecule has 0 N–H and O–H groups in total. The van der Waals surface area contributed by atoms with Gasteiger partial charge in [0, 0.05) is 6.07 Å². The summed E-state index contributed by atoms with van der Waals surface area (Å²) in [5.41, 5.74) is -0.858. The molecule has 2 aromatic carbocycles. The highest BCUT2D eigenvalue weighted by Crippen LogP contribution is 2.41. The van der Waals surface area contributed by atoms with Crippen LogP contribution in [0.3, 0.4) is 0 Å². The van der Waals surface area contributed by atoms with Gasteiger partial charge in [-0.3, -0.25) is 9.59 Å². The Morgan fingerprint density at radius 1 is 0.897 bits per heavy atom. The van der Waals surface area contributed by atoms with E-state index in [1.165, 1.54) is 6.07 Å². The van der Waals surface area contributed by atoms with Gasteiger partial charge < -0.3 is 9.47 Å². The molecule has 1 fully saturated rings. The summed E-state index contributed by atoms with van der Waals surface area (Å²) < 4.78 is 38.1. The third-order valence-electron chi connectivity index (χ3n) is 5.16. The zero-order valence-electron chi connectivity index (χ0n) is 17.1. The molecule has 1 aliphatic heterocycles. The molecule has 0 bridgehead atoms. The van der Waals surface area contributed by atoms with Crippen LogP contribution in [0.4, 0.5) is 8.78 Å². The summed E-state index contributed by atoms with van der Waals surface area (Å²) in [6, 6.07) is 8.30. The van der Waals surface area contributed by atoms with Crippen LogP contribution in [-0.4, -0.2) is 22.8 Å². The minimum absolute atomic E-state index is 0.115. The van der Waals surface area contributed by atoms with Crippen LogP contribution in [0.1, 0.15) is 51.7 Å². The lowest BCUT2D eigenvalue weighted by Gasteiger charge is -2.43. The highest BCUT2D eigenvalue weighted by Gasteiger charge is 2.53. The molecular weight excluding hydrogens is 378 g/mol. The van der Waals surface area contributed by atoms with E-state index in [-0.39, 0.29) is 17.3 Å². The molecule has 0 amide bonds. The Bertz CT molecular complexity index is 953. The molecule has 1 aliphatic rings. The zero-order chi connectivity index (χ0) is 21.6. The number of hydrogen-bond donors (Lipinski definition) is 0. The number of carbonyl (C=O) groups is 2. The van der Waals surface area contributed by atoms with E-state index in [1.807, 2.05) is 6.92 Å². The average Bonchev–Trinajstić information content (AvgIpc) is 2.63. The lowest BCUT2D eigenvalue weighted by molar-refractivity contribution is -0.184. The van der Waals surface area contributed by atoms with Crippen molar-refractivity contribution >= 4 is 11.6 Å². The molecule has 2 aromatic rings. The number of hydrogen-bond acceptors (Lipinski definition) is 4. The van der Waals surface area contributed by atoms with Crippen molar-refractivity contribution in [1.82, 2.24) is 0 Å². The Hall–Kier alpha value is -2.60. The van der Waals surface area contributed by atoms with Gasteiger partial charge in [0.15, 0.2) is 23.2 Å². The summed E-state index contributed by atoms with van der Waals surface area (Å²) >= 11 is 0. The van der Waals surface area contributed by atoms with Crippen LogP contribution in [0.2, 0.25) is 0 Å². The molecule has 0 spiro atoms. The number of ketones is 2. The Labute approximate surface area is 168 Å². The summed E-state index contributed by atoms with van der Waals surface area (Å²) in [6.07, 6.45) is 0.611. The number of rotatable bonds is 4. The fourth-order valence-electron chi connectivity index (χ4n) is 3.74. The minimum Gasteiger partial charge on any atom is -0.457 e. The molecule has 154 valence electrons. The standard InChI is InChI=1S/C23H24F2O4/c1-6-13-7-8-14(28-15-9-10-17(24)18(25)12-15)11-16(13)19-20(26)22(2,3)29-23(4,5)21(19)27/h7-12,19H,6H2,1-5H3. The van der Waals surface area contributed by atoms with E-state index in [4.69, 9.17) is 9.47 Å². The Balaban J connectivity index is 2.05. The summed E-state index contributed by atoms with van der Waals surface area (Å²) in [5, 5.41) is 0. The first-order valence-corrected chi connectivity index (χ1v) is 9.51. The quantitative estimate of drug-likeness (QED) is 0.666. The molecule has 0 saturated carbocycles. The van der Waals surface area contributed by atoms with E-state index in [0.717, 1.165) is 17.7 Å². The molecule has 3 rings (SSSR count). The number of ether oxygens (including phenoxy) is 2. The smallest absolute Gasteiger partial charge is 0.179 e. The number of halogens is 2. The second-order valence-electron chi connectivity index (χ2n) is 8.18. The lowest BCUT2D eigenvalue weighted by atomic mass is 9.73.